The fraction of sp³-hybridized carbons (Fsp3) is 0.333. The van der Waals surface area contributed by atoms with Crippen LogP contribution in [0.15, 0.2) is 41.5 Å². The van der Waals surface area contributed by atoms with Gasteiger partial charge in [0, 0.05) is 31.2 Å². The molecule has 1 aromatic heterocycles. The number of nitrogens with zero attached hydrogens (tertiary/aromatic N) is 2. The van der Waals surface area contributed by atoms with Crippen LogP contribution in [0.4, 0.5) is 0 Å². The minimum atomic E-state index is 0.611. The van der Waals surface area contributed by atoms with Crippen molar-refractivity contribution >= 4 is 16.9 Å². The van der Waals surface area contributed by atoms with Gasteiger partial charge in [-0.2, -0.15) is 0 Å². The second-order valence-corrected chi connectivity index (χ2v) is 4.83. The molecule has 4 heteroatoms. The van der Waals surface area contributed by atoms with Gasteiger partial charge in [-0.1, -0.05) is 18.2 Å². The molecule has 0 saturated heterocycles. The molecule has 4 nitrogen and oxygen atoms in total. The second-order valence-electron chi connectivity index (χ2n) is 4.83. The van der Waals surface area contributed by atoms with Gasteiger partial charge in [-0.15, -0.1) is 0 Å². The van der Waals surface area contributed by atoms with Gasteiger partial charge in [0.1, 0.15) is 0 Å². The summed E-state index contributed by atoms with van der Waals surface area (Å²) < 4.78 is 0. The van der Waals surface area contributed by atoms with Crippen molar-refractivity contribution in [3.63, 3.8) is 0 Å². The average Bonchev–Trinajstić information content (AvgIpc) is 3.27. The SMILES string of the molecule is CN=C(NCc1ccnc2ccccc12)NC1CC1. The Morgan fingerprint density at radius 1 is 1.32 bits per heavy atom. The van der Waals surface area contributed by atoms with E-state index in [1.165, 1.54) is 23.8 Å². The van der Waals surface area contributed by atoms with Crippen molar-refractivity contribution in [1.29, 1.82) is 0 Å². The first-order valence-corrected chi connectivity index (χ1v) is 6.66. The molecule has 19 heavy (non-hydrogen) atoms. The van der Waals surface area contributed by atoms with Crippen LogP contribution in [0.3, 0.4) is 0 Å². The molecule has 0 amide bonds. The summed E-state index contributed by atoms with van der Waals surface area (Å²) in [5.41, 5.74) is 2.27. The zero-order valence-corrected chi connectivity index (χ0v) is 11.1. The molecule has 0 aliphatic heterocycles. The van der Waals surface area contributed by atoms with E-state index < -0.39 is 0 Å². The zero-order chi connectivity index (χ0) is 13.1. The van der Waals surface area contributed by atoms with E-state index in [4.69, 9.17) is 0 Å². The zero-order valence-electron chi connectivity index (χ0n) is 11.1. The third-order valence-corrected chi connectivity index (χ3v) is 3.33. The number of para-hydroxylation sites is 1. The van der Waals surface area contributed by atoms with Crippen LogP contribution in [0.2, 0.25) is 0 Å². The van der Waals surface area contributed by atoms with E-state index in [2.05, 4.69) is 32.7 Å². The first kappa shape index (κ1) is 12.0. The van der Waals surface area contributed by atoms with Gasteiger partial charge in [-0.25, -0.2) is 0 Å². The summed E-state index contributed by atoms with van der Waals surface area (Å²) in [6.45, 7) is 0.759. The monoisotopic (exact) mass is 254 g/mol. The summed E-state index contributed by atoms with van der Waals surface area (Å²) >= 11 is 0. The highest BCUT2D eigenvalue weighted by molar-refractivity contribution is 5.83. The molecule has 1 fully saturated rings. The number of rotatable bonds is 3. The number of guanidine groups is 1. The predicted octanol–water partition coefficient (Wildman–Crippen LogP) is 2.06. The molecular weight excluding hydrogens is 236 g/mol. The van der Waals surface area contributed by atoms with Crippen LogP contribution in [0, 0.1) is 0 Å². The largest absolute Gasteiger partial charge is 0.354 e. The van der Waals surface area contributed by atoms with Gasteiger partial charge in [0.2, 0.25) is 0 Å². The number of benzene rings is 1. The molecule has 0 spiro atoms. The summed E-state index contributed by atoms with van der Waals surface area (Å²) in [5, 5.41) is 7.94. The molecule has 0 bridgehead atoms. The Labute approximate surface area is 113 Å². The Bertz CT molecular complexity index is 597. The van der Waals surface area contributed by atoms with Crippen molar-refractivity contribution in [2.24, 2.45) is 4.99 Å². The molecular formula is C15H18N4. The average molecular weight is 254 g/mol. The molecule has 1 aliphatic carbocycles. The van der Waals surface area contributed by atoms with Crippen molar-refractivity contribution in [2.45, 2.75) is 25.4 Å². The molecule has 1 saturated carbocycles. The first-order chi connectivity index (χ1) is 9.36. The van der Waals surface area contributed by atoms with Crippen molar-refractivity contribution in [3.8, 4) is 0 Å². The molecule has 0 atom stereocenters. The van der Waals surface area contributed by atoms with Gasteiger partial charge in [-0.3, -0.25) is 9.98 Å². The fourth-order valence-corrected chi connectivity index (χ4v) is 2.10. The molecule has 1 heterocycles. The second kappa shape index (κ2) is 5.26. The number of nitrogens with one attached hydrogen (secondary N) is 2. The molecule has 98 valence electrons. The quantitative estimate of drug-likeness (QED) is 0.651. The predicted molar refractivity (Wildman–Crippen MR) is 78.1 cm³/mol. The number of aliphatic imine (C=N–C) groups is 1. The normalized spacial score (nSPS) is 15.5. The van der Waals surface area contributed by atoms with Crippen LogP contribution in [0.1, 0.15) is 18.4 Å². The smallest absolute Gasteiger partial charge is 0.191 e. The summed E-state index contributed by atoms with van der Waals surface area (Å²) in [6.07, 6.45) is 4.36. The topological polar surface area (TPSA) is 49.3 Å². The van der Waals surface area contributed by atoms with Gasteiger partial charge < -0.3 is 10.6 Å². The highest BCUT2D eigenvalue weighted by atomic mass is 15.2. The maximum Gasteiger partial charge on any atom is 0.191 e. The van der Waals surface area contributed by atoms with Crippen LogP contribution < -0.4 is 10.6 Å². The Morgan fingerprint density at radius 3 is 2.95 bits per heavy atom. The molecule has 2 N–H and O–H groups in total. The molecule has 2 aromatic rings. The summed E-state index contributed by atoms with van der Waals surface area (Å²) in [5.74, 6) is 0.878. The molecule has 1 aromatic carbocycles. The Balaban J connectivity index is 1.73. The third kappa shape index (κ3) is 2.84. The first-order valence-electron chi connectivity index (χ1n) is 6.66. The Hall–Kier alpha value is -2.10. The minimum absolute atomic E-state index is 0.611. The summed E-state index contributed by atoms with van der Waals surface area (Å²) in [4.78, 5) is 8.62. The van der Waals surface area contributed by atoms with Crippen molar-refractivity contribution in [3.05, 3.63) is 42.1 Å². The van der Waals surface area contributed by atoms with Gasteiger partial charge in [-0.05, 0) is 30.5 Å². The number of fused-ring (bicyclic) bond motifs is 1. The van der Waals surface area contributed by atoms with Gasteiger partial charge >= 0.3 is 0 Å². The number of pyridine rings is 1. The number of hydrogen-bond donors (Lipinski definition) is 2. The molecule has 1 aliphatic rings. The third-order valence-electron chi connectivity index (χ3n) is 3.33. The Morgan fingerprint density at radius 2 is 2.16 bits per heavy atom. The Kier molecular flexibility index (Phi) is 3.31. The lowest BCUT2D eigenvalue weighted by Crippen LogP contribution is -2.38. The van der Waals surface area contributed by atoms with E-state index in [-0.39, 0.29) is 0 Å². The van der Waals surface area contributed by atoms with Crippen LogP contribution >= 0.6 is 0 Å². The van der Waals surface area contributed by atoms with Crippen molar-refractivity contribution in [2.75, 3.05) is 7.05 Å². The highest BCUT2D eigenvalue weighted by Crippen LogP contribution is 2.18. The maximum absolute atomic E-state index is 4.37. The van der Waals surface area contributed by atoms with E-state index in [0.717, 1.165) is 18.0 Å². The molecule has 3 rings (SSSR count). The standard InChI is InChI=1S/C15H18N4/c1-16-15(19-12-6-7-12)18-10-11-8-9-17-14-5-3-2-4-13(11)14/h2-5,8-9,12H,6-7,10H2,1H3,(H2,16,18,19). The highest BCUT2D eigenvalue weighted by Gasteiger charge is 2.22. The summed E-state index contributed by atoms with van der Waals surface area (Å²) in [7, 11) is 1.81. The van der Waals surface area contributed by atoms with Crippen molar-refractivity contribution < 1.29 is 0 Å². The van der Waals surface area contributed by atoms with Gasteiger partial charge in [0.05, 0.1) is 5.52 Å². The van der Waals surface area contributed by atoms with Gasteiger partial charge in [0.15, 0.2) is 5.96 Å². The maximum atomic E-state index is 4.37. The van der Waals surface area contributed by atoms with Crippen molar-refractivity contribution in [1.82, 2.24) is 15.6 Å². The van der Waals surface area contributed by atoms with E-state index in [9.17, 15) is 0 Å². The lowest BCUT2D eigenvalue weighted by atomic mass is 10.1. The minimum Gasteiger partial charge on any atom is -0.354 e. The number of aromatic nitrogens is 1. The lowest BCUT2D eigenvalue weighted by molar-refractivity contribution is 0.807. The van der Waals surface area contributed by atoms with Crippen LogP contribution in [-0.2, 0) is 6.54 Å². The lowest BCUT2D eigenvalue weighted by Gasteiger charge is -2.12. The molecule has 0 unspecified atom stereocenters. The summed E-state index contributed by atoms with van der Waals surface area (Å²) in [6, 6.07) is 10.9. The number of hydrogen-bond acceptors (Lipinski definition) is 2. The molecule has 0 radical (unpaired) electrons. The van der Waals surface area contributed by atoms with E-state index in [1.54, 1.807) is 0 Å². The van der Waals surface area contributed by atoms with Crippen LogP contribution in [0.25, 0.3) is 10.9 Å². The van der Waals surface area contributed by atoms with Crippen LogP contribution in [0.5, 0.6) is 0 Å². The van der Waals surface area contributed by atoms with E-state index >= 15 is 0 Å². The van der Waals surface area contributed by atoms with Crippen LogP contribution in [-0.4, -0.2) is 24.0 Å². The fourth-order valence-electron chi connectivity index (χ4n) is 2.10. The van der Waals surface area contributed by atoms with E-state index in [1.807, 2.05) is 31.4 Å². The van der Waals surface area contributed by atoms with E-state index in [0.29, 0.717) is 6.04 Å². The van der Waals surface area contributed by atoms with Gasteiger partial charge in [0.25, 0.3) is 0 Å².